The summed E-state index contributed by atoms with van der Waals surface area (Å²) in [7, 11) is 47.7. The van der Waals surface area contributed by atoms with Gasteiger partial charge in [0, 0.05) is 43.9 Å². The summed E-state index contributed by atoms with van der Waals surface area (Å²) in [4.78, 5) is 14.9. The molecule has 57 heavy (non-hydrogen) atoms. The van der Waals surface area contributed by atoms with E-state index in [9.17, 15) is 0 Å². The molecule has 0 saturated heterocycles. The van der Waals surface area contributed by atoms with E-state index < -0.39 is 0 Å². The molecule has 3 aromatic heterocycles. The quantitative estimate of drug-likeness (QED) is 0.258. The average Bonchev–Trinajstić information content (AvgIpc) is 3.82. The fourth-order valence-corrected chi connectivity index (χ4v) is 7.97. The molecule has 10 aromatic rings. The van der Waals surface area contributed by atoms with E-state index in [1.807, 2.05) is 132 Å². The Hall–Kier alpha value is -6.40. The van der Waals surface area contributed by atoms with Crippen molar-refractivity contribution in [1.29, 1.82) is 0 Å². The molecule has 7 aromatic carbocycles. The van der Waals surface area contributed by atoms with Crippen molar-refractivity contribution in [2.24, 2.45) is 0 Å². The van der Waals surface area contributed by atoms with Crippen molar-refractivity contribution in [2.45, 2.75) is 0 Å². The van der Waals surface area contributed by atoms with E-state index in [1.54, 1.807) is 0 Å². The average molecular weight is 709 g/mol. The van der Waals surface area contributed by atoms with Gasteiger partial charge in [-0.2, -0.15) is 0 Å². The van der Waals surface area contributed by atoms with Crippen LogP contribution in [0.5, 0.6) is 0 Å². The summed E-state index contributed by atoms with van der Waals surface area (Å²) in [6, 6.07) is 40.9. The topological polar surface area (TPSA) is 56.7 Å². The first-order valence-corrected chi connectivity index (χ1v) is 18.2. The first kappa shape index (κ1) is 35.0. The fourth-order valence-electron chi connectivity index (χ4n) is 7.97. The van der Waals surface area contributed by atoms with Gasteiger partial charge in [-0.3, -0.25) is 0 Å². The van der Waals surface area contributed by atoms with E-state index in [2.05, 4.69) is 0 Å². The Morgan fingerprint density at radius 1 is 0.404 bits per heavy atom. The molecule has 0 aliphatic heterocycles. The van der Waals surface area contributed by atoms with E-state index in [4.69, 9.17) is 74.3 Å². The third-order valence-electron chi connectivity index (χ3n) is 10.7. The van der Waals surface area contributed by atoms with Crippen LogP contribution in [0.2, 0.25) is 0 Å². The molecule has 0 fully saturated rings. The van der Waals surface area contributed by atoms with Crippen LogP contribution in [0.3, 0.4) is 0 Å². The van der Waals surface area contributed by atoms with E-state index in [0.29, 0.717) is 72.6 Å². The molecule has 14 radical (unpaired) electrons. The molecule has 10 rings (SSSR count). The number of rotatable bonds is 5. The molecule has 0 aliphatic carbocycles. The summed E-state index contributed by atoms with van der Waals surface area (Å²) < 4.78 is 8.66. The predicted molar refractivity (Wildman–Crippen MR) is 241 cm³/mol. The first-order chi connectivity index (χ1) is 27.7. The summed E-state index contributed by atoms with van der Waals surface area (Å²) in [5, 5.41) is 2.61. The largest absolute Gasteiger partial charge is 0.454 e. The van der Waals surface area contributed by atoms with Gasteiger partial charge < -0.3 is 8.98 Å². The van der Waals surface area contributed by atoms with Crippen LogP contribution >= 0.6 is 0 Å². The van der Waals surface area contributed by atoms with Crippen molar-refractivity contribution in [3.63, 3.8) is 0 Å². The summed E-state index contributed by atoms with van der Waals surface area (Å²) in [5.74, 6) is 1.57. The minimum absolute atomic E-state index is 0.134. The first-order valence-electron chi connectivity index (χ1n) is 18.2. The van der Waals surface area contributed by atoms with Gasteiger partial charge in [-0.05, 0) is 28.6 Å². The number of nitrogens with zero attached hydrogens (tertiary/aromatic N) is 4. The Morgan fingerprint density at radius 2 is 0.912 bits per heavy atom. The lowest BCUT2D eigenvalue weighted by molar-refractivity contribution is 0.666. The van der Waals surface area contributed by atoms with Gasteiger partial charge in [0.25, 0.3) is 0 Å². The lowest BCUT2D eigenvalue weighted by Crippen LogP contribution is -2.48. The Kier molecular flexibility index (Phi) is 8.22. The Bertz CT molecular complexity index is 3200. The molecule has 12 heteroatoms. The summed E-state index contributed by atoms with van der Waals surface area (Å²) in [5.41, 5.74) is 8.11. The van der Waals surface area contributed by atoms with E-state index in [1.165, 1.54) is 0 Å². The van der Waals surface area contributed by atoms with Crippen LogP contribution in [-0.4, -0.2) is 74.4 Å². The number of fused-ring (bicyclic) bond motifs is 6. The van der Waals surface area contributed by atoms with Crippen LogP contribution < -0.4 is 38.2 Å². The highest BCUT2D eigenvalue weighted by Crippen LogP contribution is 2.40. The maximum Gasteiger partial charge on any atom is 0.164 e. The molecule has 0 amide bonds. The third-order valence-corrected chi connectivity index (χ3v) is 10.7. The van der Waals surface area contributed by atoms with Crippen LogP contribution in [0, 0.1) is 0 Å². The van der Waals surface area contributed by atoms with Crippen molar-refractivity contribution in [2.75, 3.05) is 0 Å². The summed E-state index contributed by atoms with van der Waals surface area (Å²) >= 11 is 0. The van der Waals surface area contributed by atoms with E-state index in [-0.39, 0.29) is 27.3 Å². The Labute approximate surface area is 337 Å². The van der Waals surface area contributed by atoms with Gasteiger partial charge in [-0.1, -0.05) is 143 Å². The second-order valence-corrected chi connectivity index (χ2v) is 13.9. The second kappa shape index (κ2) is 13.4. The predicted octanol–water partition coefficient (Wildman–Crippen LogP) is 3.09. The standard InChI is InChI=1S/C45H21B7N4O/c46-33-29(22-12-4-1-5-13-22)34(47)38(51)40-31(33)32-35(48)36(49)37(50)39(52)41(32)56(40)27-20-10-18-25-30-26(19-11-21-28(30)57-42(25)27)45-54-43(23-14-6-2-7-15-23)53-44(55-45)24-16-8-3-9-17-24/h1-21H. The monoisotopic (exact) mass is 710 g/mol. The maximum absolute atomic E-state index is 7.09. The SMILES string of the molecule is [B]c1c([B])c([B])c2c(c1[B])c1c([B])c(-c3ccccc3)c([B])c([B])c1n2-c1cccc2c1oc1cccc(-c3nc(-c4ccccc4)nc(-c4ccccc4)n3)c12. The Balaban J connectivity index is 1.30. The summed E-state index contributed by atoms with van der Waals surface area (Å²) in [6.45, 7) is 0. The van der Waals surface area contributed by atoms with E-state index >= 15 is 0 Å². The molecule has 0 saturated carbocycles. The van der Waals surface area contributed by atoms with Gasteiger partial charge in [-0.25, -0.2) is 15.0 Å². The van der Waals surface area contributed by atoms with Crippen molar-refractivity contribution >= 4 is 137 Å². The van der Waals surface area contributed by atoms with Crippen LogP contribution in [0.15, 0.2) is 132 Å². The number of furan rings is 1. The normalized spacial score (nSPS) is 11.6. The lowest BCUT2D eigenvalue weighted by Gasteiger charge is -2.19. The maximum atomic E-state index is 7.09. The molecule has 0 atom stereocenters. The molecule has 3 heterocycles. The fraction of sp³-hybridized carbons (Fsp3) is 0. The van der Waals surface area contributed by atoms with Crippen LogP contribution in [0.1, 0.15) is 0 Å². The second-order valence-electron chi connectivity index (χ2n) is 13.9. The molecular weight excluding hydrogens is 688 g/mol. The highest BCUT2D eigenvalue weighted by Gasteiger charge is 2.26. The molecule has 0 N–H and O–H groups in total. The van der Waals surface area contributed by atoms with Gasteiger partial charge >= 0.3 is 0 Å². The van der Waals surface area contributed by atoms with Gasteiger partial charge in [-0.15, -0.1) is 10.9 Å². The molecule has 0 spiro atoms. The molecule has 248 valence electrons. The number of para-hydroxylation sites is 1. The van der Waals surface area contributed by atoms with Crippen LogP contribution in [0.25, 0.3) is 94.7 Å². The number of hydrogen-bond acceptors (Lipinski definition) is 4. The van der Waals surface area contributed by atoms with E-state index in [0.717, 1.165) is 33.0 Å². The number of benzene rings is 7. The molecule has 5 nitrogen and oxygen atoms in total. The highest BCUT2D eigenvalue weighted by atomic mass is 16.3. The Morgan fingerprint density at radius 3 is 1.53 bits per heavy atom. The molecule has 0 aliphatic rings. The zero-order valence-electron chi connectivity index (χ0n) is 30.4. The summed E-state index contributed by atoms with van der Waals surface area (Å²) in [6.07, 6.45) is 0. The van der Waals surface area contributed by atoms with Crippen LogP contribution in [-0.2, 0) is 0 Å². The zero-order chi connectivity index (χ0) is 39.1. The van der Waals surface area contributed by atoms with Gasteiger partial charge in [0.2, 0.25) is 0 Å². The van der Waals surface area contributed by atoms with Crippen molar-refractivity contribution in [3.8, 4) is 51.0 Å². The highest BCUT2D eigenvalue weighted by molar-refractivity contribution is 6.69. The van der Waals surface area contributed by atoms with Crippen molar-refractivity contribution in [3.05, 3.63) is 127 Å². The van der Waals surface area contributed by atoms with Crippen molar-refractivity contribution < 1.29 is 4.42 Å². The zero-order valence-corrected chi connectivity index (χ0v) is 30.4. The number of aromatic nitrogens is 4. The smallest absolute Gasteiger partial charge is 0.164 e. The van der Waals surface area contributed by atoms with Gasteiger partial charge in [0.15, 0.2) is 23.1 Å². The minimum atomic E-state index is 0.134. The molecular formula is C45H21B7N4O. The minimum Gasteiger partial charge on any atom is -0.454 e. The lowest BCUT2D eigenvalue weighted by atomic mass is 9.64. The molecule has 0 unspecified atom stereocenters. The molecule has 0 bridgehead atoms. The van der Waals surface area contributed by atoms with Gasteiger partial charge in [0.05, 0.1) is 5.69 Å². The van der Waals surface area contributed by atoms with Crippen molar-refractivity contribution in [1.82, 2.24) is 19.5 Å². The number of hydrogen-bond donors (Lipinski definition) is 0. The van der Waals surface area contributed by atoms with Crippen LogP contribution in [0.4, 0.5) is 0 Å². The van der Waals surface area contributed by atoms with Gasteiger partial charge in [0.1, 0.15) is 60.5 Å². The third kappa shape index (κ3) is 5.30.